The molecule has 0 spiro atoms. The van der Waals surface area contributed by atoms with Crippen LogP contribution in [-0.2, 0) is 6.54 Å². The molecule has 0 atom stereocenters. The van der Waals surface area contributed by atoms with E-state index in [4.69, 9.17) is 0 Å². The number of nitrogens with one attached hydrogen (secondary N) is 1. The van der Waals surface area contributed by atoms with Gasteiger partial charge >= 0.3 is 0 Å². The fraction of sp³-hybridized carbons (Fsp3) is 0.0909. The van der Waals surface area contributed by atoms with Crippen LogP contribution in [0.1, 0.15) is 5.69 Å². The standard InChI is InChI=1S/C11H9FN6S/c12-10-3-8(14-4-9-5-19-17-16-9)1-2-11(10)18-7-13-6-15-18/h1-3,5-7,14H,4H2. The second-order valence-electron chi connectivity index (χ2n) is 3.76. The van der Waals surface area contributed by atoms with E-state index in [1.807, 2.05) is 5.38 Å². The van der Waals surface area contributed by atoms with Gasteiger partial charge in [-0.05, 0) is 29.7 Å². The van der Waals surface area contributed by atoms with Gasteiger partial charge in [-0.25, -0.2) is 14.1 Å². The first-order chi connectivity index (χ1) is 9.33. The number of rotatable bonds is 4. The summed E-state index contributed by atoms with van der Waals surface area (Å²) >= 11 is 1.28. The van der Waals surface area contributed by atoms with Gasteiger partial charge < -0.3 is 5.32 Å². The molecule has 3 aromatic rings. The lowest BCUT2D eigenvalue weighted by Crippen LogP contribution is -2.02. The van der Waals surface area contributed by atoms with Gasteiger partial charge in [-0.15, -0.1) is 5.10 Å². The second kappa shape index (κ2) is 5.11. The smallest absolute Gasteiger partial charge is 0.150 e. The Hall–Kier alpha value is -2.35. The Morgan fingerprint density at radius 3 is 3.00 bits per heavy atom. The highest BCUT2D eigenvalue weighted by Gasteiger charge is 2.06. The van der Waals surface area contributed by atoms with Crippen molar-refractivity contribution in [3.05, 3.63) is 47.7 Å². The van der Waals surface area contributed by atoms with Gasteiger partial charge in [0.1, 0.15) is 18.3 Å². The minimum atomic E-state index is -0.369. The van der Waals surface area contributed by atoms with Crippen molar-refractivity contribution in [2.24, 2.45) is 0 Å². The van der Waals surface area contributed by atoms with E-state index in [-0.39, 0.29) is 5.82 Å². The Morgan fingerprint density at radius 1 is 1.37 bits per heavy atom. The predicted octanol–water partition coefficient (Wildman–Crippen LogP) is 1.87. The highest BCUT2D eigenvalue weighted by Crippen LogP contribution is 2.17. The average molecular weight is 276 g/mol. The van der Waals surface area contributed by atoms with E-state index < -0.39 is 0 Å². The summed E-state index contributed by atoms with van der Waals surface area (Å²) in [6.45, 7) is 0.513. The van der Waals surface area contributed by atoms with Crippen LogP contribution >= 0.6 is 11.5 Å². The van der Waals surface area contributed by atoms with Crippen LogP contribution in [0.5, 0.6) is 0 Å². The maximum Gasteiger partial charge on any atom is 0.150 e. The molecule has 0 bridgehead atoms. The van der Waals surface area contributed by atoms with Crippen LogP contribution in [-0.4, -0.2) is 24.4 Å². The van der Waals surface area contributed by atoms with Crippen LogP contribution < -0.4 is 5.32 Å². The van der Waals surface area contributed by atoms with E-state index >= 15 is 0 Å². The SMILES string of the molecule is Fc1cc(NCc2csnn2)ccc1-n1cncn1. The van der Waals surface area contributed by atoms with Crippen molar-refractivity contribution in [3.8, 4) is 5.69 Å². The summed E-state index contributed by atoms with van der Waals surface area (Å²) in [5.74, 6) is -0.369. The maximum atomic E-state index is 13.9. The van der Waals surface area contributed by atoms with Crippen molar-refractivity contribution in [2.75, 3.05) is 5.32 Å². The molecule has 0 saturated heterocycles. The van der Waals surface area contributed by atoms with Gasteiger partial charge in [0.15, 0.2) is 5.82 Å². The van der Waals surface area contributed by atoms with Crippen molar-refractivity contribution >= 4 is 17.2 Å². The van der Waals surface area contributed by atoms with Crippen LogP contribution in [0.2, 0.25) is 0 Å². The molecule has 3 rings (SSSR count). The molecule has 96 valence electrons. The number of hydrogen-bond acceptors (Lipinski definition) is 6. The number of halogens is 1. The third kappa shape index (κ3) is 2.58. The number of benzene rings is 1. The maximum absolute atomic E-state index is 13.9. The summed E-state index contributed by atoms with van der Waals surface area (Å²) in [6, 6.07) is 4.84. The predicted molar refractivity (Wildman–Crippen MR) is 68.6 cm³/mol. The summed E-state index contributed by atoms with van der Waals surface area (Å²) in [5, 5.41) is 12.7. The van der Waals surface area contributed by atoms with Crippen molar-refractivity contribution in [1.29, 1.82) is 0 Å². The zero-order valence-corrected chi connectivity index (χ0v) is 10.5. The third-order valence-electron chi connectivity index (χ3n) is 2.49. The second-order valence-corrected chi connectivity index (χ2v) is 4.37. The Balaban J connectivity index is 1.76. The van der Waals surface area contributed by atoms with E-state index in [0.717, 1.165) is 5.69 Å². The molecule has 0 aliphatic heterocycles. The molecule has 1 N–H and O–H groups in total. The largest absolute Gasteiger partial charge is 0.379 e. The molecule has 1 aromatic carbocycles. The molecular weight excluding hydrogens is 267 g/mol. The van der Waals surface area contributed by atoms with Crippen molar-refractivity contribution in [2.45, 2.75) is 6.54 Å². The minimum Gasteiger partial charge on any atom is -0.379 e. The summed E-state index contributed by atoms with van der Waals surface area (Å²) in [6.07, 6.45) is 2.81. The van der Waals surface area contributed by atoms with Gasteiger partial charge in [0.2, 0.25) is 0 Å². The summed E-state index contributed by atoms with van der Waals surface area (Å²) < 4.78 is 19.1. The molecule has 2 aromatic heterocycles. The Bertz CT molecular complexity index is 652. The lowest BCUT2D eigenvalue weighted by atomic mass is 10.2. The van der Waals surface area contributed by atoms with Crippen LogP contribution in [0.15, 0.2) is 36.2 Å². The molecule has 0 amide bonds. The van der Waals surface area contributed by atoms with Gasteiger partial charge in [0, 0.05) is 11.1 Å². The van der Waals surface area contributed by atoms with E-state index in [2.05, 4.69) is 25.0 Å². The Labute approximate surface area is 112 Å². The van der Waals surface area contributed by atoms with Gasteiger partial charge in [0.05, 0.1) is 12.2 Å². The van der Waals surface area contributed by atoms with Crippen molar-refractivity contribution in [1.82, 2.24) is 24.4 Å². The van der Waals surface area contributed by atoms with Crippen LogP contribution in [0.3, 0.4) is 0 Å². The monoisotopic (exact) mass is 276 g/mol. The van der Waals surface area contributed by atoms with Gasteiger partial charge in [-0.3, -0.25) is 0 Å². The zero-order chi connectivity index (χ0) is 13.1. The van der Waals surface area contributed by atoms with E-state index in [9.17, 15) is 4.39 Å². The molecule has 2 heterocycles. The summed E-state index contributed by atoms with van der Waals surface area (Å²) in [7, 11) is 0. The highest BCUT2D eigenvalue weighted by atomic mass is 32.1. The van der Waals surface area contributed by atoms with Gasteiger partial charge in [-0.1, -0.05) is 4.49 Å². The molecule has 0 aliphatic rings. The molecule has 0 unspecified atom stereocenters. The fourth-order valence-corrected chi connectivity index (χ4v) is 2.04. The highest BCUT2D eigenvalue weighted by molar-refractivity contribution is 7.03. The topological polar surface area (TPSA) is 68.5 Å². The zero-order valence-electron chi connectivity index (χ0n) is 9.69. The van der Waals surface area contributed by atoms with E-state index in [0.29, 0.717) is 17.9 Å². The normalized spacial score (nSPS) is 10.6. The molecule has 19 heavy (non-hydrogen) atoms. The lowest BCUT2D eigenvalue weighted by molar-refractivity contribution is 0.611. The Morgan fingerprint density at radius 2 is 2.32 bits per heavy atom. The van der Waals surface area contributed by atoms with Crippen LogP contribution in [0.4, 0.5) is 10.1 Å². The molecule has 0 fully saturated rings. The van der Waals surface area contributed by atoms with Crippen LogP contribution in [0.25, 0.3) is 5.69 Å². The third-order valence-corrected chi connectivity index (χ3v) is 3.05. The summed E-state index contributed by atoms with van der Waals surface area (Å²) in [4.78, 5) is 3.79. The lowest BCUT2D eigenvalue weighted by Gasteiger charge is -2.07. The van der Waals surface area contributed by atoms with Gasteiger partial charge in [0.25, 0.3) is 0 Å². The number of anilines is 1. The Kier molecular flexibility index (Phi) is 3.15. The number of aromatic nitrogens is 5. The minimum absolute atomic E-state index is 0.360. The van der Waals surface area contributed by atoms with Gasteiger partial charge in [-0.2, -0.15) is 5.10 Å². The molecule has 8 heteroatoms. The number of hydrogen-bond donors (Lipinski definition) is 1. The van der Waals surface area contributed by atoms with E-state index in [1.165, 1.54) is 34.9 Å². The number of nitrogens with zero attached hydrogens (tertiary/aromatic N) is 5. The molecule has 0 radical (unpaired) electrons. The molecule has 0 saturated carbocycles. The van der Waals surface area contributed by atoms with Crippen molar-refractivity contribution in [3.63, 3.8) is 0 Å². The fourth-order valence-electron chi connectivity index (χ4n) is 1.59. The first-order valence-corrected chi connectivity index (χ1v) is 6.31. The summed E-state index contributed by atoms with van der Waals surface area (Å²) in [5.41, 5.74) is 1.86. The van der Waals surface area contributed by atoms with Crippen molar-refractivity contribution < 1.29 is 4.39 Å². The first kappa shape index (κ1) is 11.7. The average Bonchev–Trinajstić information content (AvgIpc) is 3.10. The molecule has 6 nitrogen and oxygen atoms in total. The molecular formula is C11H9FN6S. The first-order valence-electron chi connectivity index (χ1n) is 5.47. The van der Waals surface area contributed by atoms with Crippen LogP contribution in [0, 0.1) is 5.82 Å². The van der Waals surface area contributed by atoms with E-state index in [1.54, 1.807) is 12.1 Å². The quantitative estimate of drug-likeness (QED) is 0.788. The molecule has 0 aliphatic carbocycles.